The minimum Gasteiger partial charge on any atom is -0.488 e. The normalized spacial score (nSPS) is 17.4. The van der Waals surface area contributed by atoms with Crippen LogP contribution in [0.3, 0.4) is 0 Å². The second-order valence-corrected chi connectivity index (χ2v) is 4.86. The van der Waals surface area contributed by atoms with Crippen molar-refractivity contribution in [3.05, 3.63) is 23.8 Å². The van der Waals surface area contributed by atoms with Crippen molar-refractivity contribution < 1.29 is 9.47 Å². The molecule has 0 N–H and O–H groups in total. The van der Waals surface area contributed by atoms with Crippen LogP contribution in [0.4, 0.5) is 0 Å². The number of benzene rings is 1. The van der Waals surface area contributed by atoms with Gasteiger partial charge in [0.15, 0.2) is 11.5 Å². The van der Waals surface area contributed by atoms with Crippen LogP contribution in [0, 0.1) is 0 Å². The molecule has 0 fully saturated rings. The molecule has 0 saturated heterocycles. The van der Waals surface area contributed by atoms with Crippen LogP contribution in [0.2, 0.25) is 0 Å². The first kappa shape index (κ1) is 12.2. The molecule has 94 valence electrons. The fourth-order valence-corrected chi connectivity index (χ4v) is 1.85. The lowest BCUT2D eigenvalue weighted by atomic mass is 10.0. The van der Waals surface area contributed by atoms with Gasteiger partial charge in [0.05, 0.1) is 0 Å². The molecule has 2 rings (SSSR count). The van der Waals surface area contributed by atoms with E-state index in [1.54, 1.807) is 0 Å². The zero-order valence-corrected chi connectivity index (χ0v) is 10.9. The molecule has 1 aromatic rings. The first-order chi connectivity index (χ1) is 8.16. The van der Waals surface area contributed by atoms with Crippen LogP contribution in [0.5, 0.6) is 11.5 Å². The van der Waals surface area contributed by atoms with E-state index in [1.165, 1.54) is 5.56 Å². The van der Waals surface area contributed by atoms with Gasteiger partial charge in [-0.1, -0.05) is 19.9 Å². The average molecular weight is 235 g/mol. The van der Waals surface area contributed by atoms with E-state index in [2.05, 4.69) is 37.9 Å². The third kappa shape index (κ3) is 3.13. The van der Waals surface area contributed by atoms with Crippen LogP contribution >= 0.6 is 0 Å². The number of rotatable bonds is 1. The zero-order valence-electron chi connectivity index (χ0n) is 10.9. The first-order valence-electron chi connectivity index (χ1n) is 6.25. The molecule has 17 heavy (non-hydrogen) atoms. The third-order valence-electron chi connectivity index (χ3n) is 3.10. The fraction of sp³-hybridized carbons (Fsp3) is 0.571. The molecule has 1 aliphatic rings. The van der Waals surface area contributed by atoms with Crippen molar-refractivity contribution in [1.82, 2.24) is 4.90 Å². The maximum absolute atomic E-state index is 5.80. The molecule has 1 aliphatic heterocycles. The van der Waals surface area contributed by atoms with Gasteiger partial charge in [0, 0.05) is 13.1 Å². The number of ether oxygens (including phenoxy) is 2. The summed E-state index contributed by atoms with van der Waals surface area (Å²) in [5, 5.41) is 0. The van der Waals surface area contributed by atoms with Gasteiger partial charge in [-0.15, -0.1) is 0 Å². The van der Waals surface area contributed by atoms with Crippen molar-refractivity contribution in [2.75, 3.05) is 33.4 Å². The number of nitrogens with zero attached hydrogens (tertiary/aromatic N) is 1. The number of fused-ring (bicyclic) bond motifs is 1. The summed E-state index contributed by atoms with van der Waals surface area (Å²) >= 11 is 0. The highest BCUT2D eigenvalue weighted by molar-refractivity contribution is 5.43. The van der Waals surface area contributed by atoms with Crippen LogP contribution in [0.15, 0.2) is 18.2 Å². The Bertz CT molecular complexity index is 376. The zero-order chi connectivity index (χ0) is 12.3. The van der Waals surface area contributed by atoms with E-state index in [4.69, 9.17) is 9.47 Å². The first-order valence-corrected chi connectivity index (χ1v) is 6.25. The Kier molecular flexibility index (Phi) is 3.89. The molecule has 0 unspecified atom stereocenters. The van der Waals surface area contributed by atoms with Gasteiger partial charge in [-0.3, -0.25) is 4.90 Å². The summed E-state index contributed by atoms with van der Waals surface area (Å²) in [5.74, 6) is 2.26. The van der Waals surface area contributed by atoms with E-state index >= 15 is 0 Å². The van der Waals surface area contributed by atoms with Crippen LogP contribution < -0.4 is 9.47 Å². The predicted molar refractivity (Wildman–Crippen MR) is 69.0 cm³/mol. The van der Waals surface area contributed by atoms with Gasteiger partial charge in [0.25, 0.3) is 0 Å². The summed E-state index contributed by atoms with van der Waals surface area (Å²) in [6.07, 6.45) is 0. The van der Waals surface area contributed by atoms with E-state index in [1.807, 2.05) is 6.07 Å². The summed E-state index contributed by atoms with van der Waals surface area (Å²) in [7, 11) is 2.09. The molecule has 0 amide bonds. The number of hydrogen-bond acceptors (Lipinski definition) is 3. The molecular formula is C14H21NO2. The molecule has 0 spiro atoms. The molecule has 0 radical (unpaired) electrons. The van der Waals surface area contributed by atoms with Crippen molar-refractivity contribution in [3.8, 4) is 11.5 Å². The topological polar surface area (TPSA) is 21.7 Å². The Labute approximate surface area is 103 Å². The van der Waals surface area contributed by atoms with Gasteiger partial charge < -0.3 is 9.47 Å². The second kappa shape index (κ2) is 5.41. The number of hydrogen-bond donors (Lipinski definition) is 0. The van der Waals surface area contributed by atoms with Crippen molar-refractivity contribution in [3.63, 3.8) is 0 Å². The van der Waals surface area contributed by atoms with E-state index in [9.17, 15) is 0 Å². The van der Waals surface area contributed by atoms with Gasteiger partial charge in [0.2, 0.25) is 0 Å². The predicted octanol–water partition coefficient (Wildman–Crippen LogP) is 2.51. The highest BCUT2D eigenvalue weighted by atomic mass is 16.5. The monoisotopic (exact) mass is 235 g/mol. The van der Waals surface area contributed by atoms with Crippen LogP contribution in [-0.2, 0) is 0 Å². The van der Waals surface area contributed by atoms with E-state index in [-0.39, 0.29) is 0 Å². The SMILES string of the molecule is CC(C)c1ccc2c(c1)OCCN(C)CCO2. The summed E-state index contributed by atoms with van der Waals surface area (Å²) in [6, 6.07) is 6.25. The average Bonchev–Trinajstić information content (AvgIpc) is 2.38. The van der Waals surface area contributed by atoms with Crippen LogP contribution in [-0.4, -0.2) is 38.3 Å². The Morgan fingerprint density at radius 2 is 1.71 bits per heavy atom. The maximum atomic E-state index is 5.80. The van der Waals surface area contributed by atoms with Crippen molar-refractivity contribution in [2.24, 2.45) is 0 Å². The Balaban J connectivity index is 2.21. The smallest absolute Gasteiger partial charge is 0.161 e. The fourth-order valence-electron chi connectivity index (χ4n) is 1.85. The molecule has 1 aromatic carbocycles. The number of likely N-dealkylation sites (N-methyl/N-ethyl adjacent to an activating group) is 1. The van der Waals surface area contributed by atoms with Crippen molar-refractivity contribution in [2.45, 2.75) is 19.8 Å². The molecule has 0 saturated carbocycles. The summed E-state index contributed by atoms with van der Waals surface area (Å²) < 4.78 is 11.5. The summed E-state index contributed by atoms with van der Waals surface area (Å²) in [4.78, 5) is 2.22. The molecular weight excluding hydrogens is 214 g/mol. The summed E-state index contributed by atoms with van der Waals surface area (Å²) in [6.45, 7) is 7.68. The minimum atomic E-state index is 0.513. The molecule has 0 bridgehead atoms. The molecule has 3 nitrogen and oxygen atoms in total. The third-order valence-corrected chi connectivity index (χ3v) is 3.10. The summed E-state index contributed by atoms with van der Waals surface area (Å²) in [5.41, 5.74) is 1.29. The Morgan fingerprint density at radius 1 is 1.06 bits per heavy atom. The molecule has 1 heterocycles. The molecule has 0 atom stereocenters. The standard InChI is InChI=1S/C14H21NO2/c1-11(2)12-4-5-13-14(10-12)17-9-7-15(3)6-8-16-13/h4-5,10-11H,6-9H2,1-3H3. The molecule has 0 aromatic heterocycles. The van der Waals surface area contributed by atoms with Gasteiger partial charge in [-0.05, 0) is 30.7 Å². The van der Waals surface area contributed by atoms with Crippen molar-refractivity contribution >= 4 is 0 Å². The lowest BCUT2D eigenvalue weighted by molar-refractivity contribution is 0.228. The Hall–Kier alpha value is -1.22. The Morgan fingerprint density at radius 3 is 2.35 bits per heavy atom. The quantitative estimate of drug-likeness (QED) is 0.746. The van der Waals surface area contributed by atoms with Gasteiger partial charge in [-0.25, -0.2) is 0 Å². The maximum Gasteiger partial charge on any atom is 0.161 e. The van der Waals surface area contributed by atoms with E-state index < -0.39 is 0 Å². The van der Waals surface area contributed by atoms with Gasteiger partial charge in [-0.2, -0.15) is 0 Å². The minimum absolute atomic E-state index is 0.513. The van der Waals surface area contributed by atoms with Gasteiger partial charge in [0.1, 0.15) is 13.2 Å². The lowest BCUT2D eigenvalue weighted by Gasteiger charge is -2.13. The van der Waals surface area contributed by atoms with Crippen LogP contribution in [0.1, 0.15) is 25.3 Å². The second-order valence-electron chi connectivity index (χ2n) is 4.86. The highest BCUT2D eigenvalue weighted by Gasteiger charge is 2.11. The van der Waals surface area contributed by atoms with E-state index in [0.717, 1.165) is 24.6 Å². The van der Waals surface area contributed by atoms with Crippen molar-refractivity contribution in [1.29, 1.82) is 0 Å². The molecule has 3 heteroatoms. The molecule has 0 aliphatic carbocycles. The van der Waals surface area contributed by atoms with E-state index in [0.29, 0.717) is 19.1 Å². The largest absolute Gasteiger partial charge is 0.488 e. The lowest BCUT2D eigenvalue weighted by Crippen LogP contribution is -2.27. The van der Waals surface area contributed by atoms with Gasteiger partial charge >= 0.3 is 0 Å². The highest BCUT2D eigenvalue weighted by Crippen LogP contribution is 2.31. The van der Waals surface area contributed by atoms with Crippen LogP contribution in [0.25, 0.3) is 0 Å².